The maximum absolute atomic E-state index is 12.5. The zero-order valence-electron chi connectivity index (χ0n) is 27.2. The Morgan fingerprint density at radius 3 is 2.33 bits per heavy atom. The summed E-state index contributed by atoms with van der Waals surface area (Å²) in [5, 5.41) is 16.0. The fourth-order valence-electron chi connectivity index (χ4n) is 5.90. The number of unbranched alkanes of at least 4 members (excludes halogenated alkanes) is 2. The van der Waals surface area contributed by atoms with Crippen LogP contribution >= 0.6 is 23.2 Å². The number of benzene rings is 3. The number of nitrogens with one attached hydrogen (secondary N) is 2. The number of halogens is 2. The molecule has 4 unspecified atom stereocenters. The van der Waals surface area contributed by atoms with Crippen LogP contribution in [0.3, 0.4) is 0 Å². The van der Waals surface area contributed by atoms with E-state index in [-0.39, 0.29) is 41.7 Å². The van der Waals surface area contributed by atoms with Crippen LogP contribution in [0.5, 0.6) is 0 Å². The van der Waals surface area contributed by atoms with Crippen molar-refractivity contribution < 1.29 is 24.2 Å². The van der Waals surface area contributed by atoms with Gasteiger partial charge in [-0.05, 0) is 40.7 Å². The van der Waals surface area contributed by atoms with Crippen molar-refractivity contribution in [1.82, 2.24) is 20.2 Å². The van der Waals surface area contributed by atoms with Gasteiger partial charge in [0.2, 0.25) is 11.8 Å². The maximum atomic E-state index is 12.5. The Hall–Kier alpha value is -3.73. The average Bonchev–Trinajstić information content (AvgIpc) is 3.42. The minimum absolute atomic E-state index is 0.00913. The van der Waals surface area contributed by atoms with Gasteiger partial charge in [0.25, 0.3) is 0 Å². The normalized spacial score (nSPS) is 19.2. The highest BCUT2D eigenvalue weighted by atomic mass is 35.5. The van der Waals surface area contributed by atoms with E-state index in [4.69, 9.17) is 32.7 Å². The van der Waals surface area contributed by atoms with E-state index in [1.165, 1.54) is 6.92 Å². The van der Waals surface area contributed by atoms with Crippen LogP contribution in [-0.2, 0) is 38.8 Å². The Kier molecular flexibility index (Phi) is 12.7. The van der Waals surface area contributed by atoms with Crippen molar-refractivity contribution in [3.05, 3.63) is 112 Å². The number of hydrogen-bond acceptors (Lipinski definition) is 6. The number of amides is 2. The van der Waals surface area contributed by atoms with E-state index in [2.05, 4.69) is 28.6 Å². The lowest BCUT2D eigenvalue weighted by Crippen LogP contribution is -2.39. The molecule has 254 valence electrons. The number of hydrogen-bond donors (Lipinski definition) is 3. The van der Waals surface area contributed by atoms with Gasteiger partial charge in [-0.2, -0.15) is 0 Å². The molecule has 0 aliphatic carbocycles. The molecule has 4 atom stereocenters. The summed E-state index contributed by atoms with van der Waals surface area (Å²) >= 11 is 12.5. The number of ether oxygens (including phenoxy) is 2. The lowest BCUT2D eigenvalue weighted by Gasteiger charge is -2.41. The van der Waals surface area contributed by atoms with E-state index in [0.29, 0.717) is 31.2 Å². The Morgan fingerprint density at radius 1 is 0.917 bits per heavy atom. The topological polar surface area (TPSA) is 115 Å². The fraction of sp³-hybridized carbons (Fsp3) is 0.378. The van der Waals surface area contributed by atoms with E-state index in [0.717, 1.165) is 52.6 Å². The highest BCUT2D eigenvalue weighted by molar-refractivity contribution is 6.40. The number of nitrogens with zero attached hydrogens (tertiary/aromatic N) is 2. The molecule has 11 heteroatoms. The third-order valence-electron chi connectivity index (χ3n) is 8.67. The first-order valence-electron chi connectivity index (χ1n) is 16.3. The van der Waals surface area contributed by atoms with E-state index in [1.807, 2.05) is 66.7 Å². The molecule has 0 radical (unpaired) electrons. The molecule has 0 saturated carbocycles. The first-order valence-corrected chi connectivity index (χ1v) is 17.0. The molecule has 1 saturated heterocycles. The van der Waals surface area contributed by atoms with Crippen molar-refractivity contribution in [3.8, 4) is 11.1 Å². The monoisotopic (exact) mass is 692 g/mol. The quantitative estimate of drug-likeness (QED) is 0.121. The number of carbonyl (C=O) groups excluding carboxylic acids is 2. The first kappa shape index (κ1) is 35.6. The Balaban J connectivity index is 1.27. The molecule has 1 aromatic heterocycles. The van der Waals surface area contributed by atoms with Crippen molar-refractivity contribution in [1.29, 1.82) is 0 Å². The number of rotatable bonds is 14. The lowest BCUT2D eigenvalue weighted by molar-refractivity contribution is -0.276. The number of aliphatic hydroxyl groups excluding tert-OH is 1. The summed E-state index contributed by atoms with van der Waals surface area (Å²) in [6.07, 6.45) is 3.38. The highest BCUT2D eigenvalue weighted by Crippen LogP contribution is 2.43. The zero-order chi connectivity index (χ0) is 34.0. The molecule has 1 aliphatic heterocycles. The Labute approximate surface area is 291 Å². The van der Waals surface area contributed by atoms with Crippen molar-refractivity contribution in [2.24, 2.45) is 5.92 Å². The molecule has 3 N–H and O–H groups in total. The summed E-state index contributed by atoms with van der Waals surface area (Å²) in [4.78, 5) is 27.6. The van der Waals surface area contributed by atoms with Gasteiger partial charge < -0.3 is 29.8 Å². The SMILES string of the molecule is CC(=O)NCCCCCC(=O)NCc1ccccc1-c1ccc(C2OC(Cn3cnc(Cl)c3Cl)C(C)C(c3ccc(CO)cc3)O2)cc1. The van der Waals surface area contributed by atoms with Crippen molar-refractivity contribution >= 4 is 35.0 Å². The van der Waals surface area contributed by atoms with Crippen LogP contribution in [0.15, 0.2) is 79.1 Å². The Bertz CT molecular complexity index is 1660. The van der Waals surface area contributed by atoms with Gasteiger partial charge in [-0.3, -0.25) is 9.59 Å². The zero-order valence-corrected chi connectivity index (χ0v) is 28.7. The van der Waals surface area contributed by atoms with E-state index >= 15 is 0 Å². The molecule has 5 rings (SSSR count). The second kappa shape index (κ2) is 17.1. The molecular formula is C37H42Cl2N4O5. The van der Waals surface area contributed by atoms with Crippen LogP contribution < -0.4 is 10.6 Å². The molecule has 0 bridgehead atoms. The van der Waals surface area contributed by atoms with Gasteiger partial charge in [-0.25, -0.2) is 4.98 Å². The van der Waals surface area contributed by atoms with E-state index < -0.39 is 6.29 Å². The van der Waals surface area contributed by atoms with Crippen LogP contribution in [0, 0.1) is 5.92 Å². The van der Waals surface area contributed by atoms with Crippen LogP contribution in [-0.4, -0.2) is 39.1 Å². The van der Waals surface area contributed by atoms with Crippen molar-refractivity contribution in [3.63, 3.8) is 0 Å². The van der Waals surface area contributed by atoms with E-state index in [9.17, 15) is 14.7 Å². The summed E-state index contributed by atoms with van der Waals surface area (Å²) in [5.74, 6) is -0.0629. The van der Waals surface area contributed by atoms with Crippen molar-refractivity contribution in [2.75, 3.05) is 6.54 Å². The Morgan fingerprint density at radius 2 is 1.65 bits per heavy atom. The predicted octanol–water partition coefficient (Wildman–Crippen LogP) is 7.15. The van der Waals surface area contributed by atoms with Crippen LogP contribution in [0.25, 0.3) is 11.1 Å². The number of carbonyl (C=O) groups is 2. The third kappa shape index (κ3) is 9.24. The molecule has 0 spiro atoms. The van der Waals surface area contributed by atoms with E-state index in [1.54, 1.807) is 10.9 Å². The second-order valence-electron chi connectivity index (χ2n) is 12.2. The summed E-state index contributed by atoms with van der Waals surface area (Å²) in [6.45, 7) is 5.07. The molecule has 1 fully saturated rings. The van der Waals surface area contributed by atoms with Gasteiger partial charge in [0.15, 0.2) is 11.4 Å². The van der Waals surface area contributed by atoms with Crippen LogP contribution in [0.1, 0.15) is 74.2 Å². The molecule has 1 aliphatic rings. The summed E-state index contributed by atoms with van der Waals surface area (Å²) in [5.41, 5.74) is 5.75. The fourth-order valence-corrected chi connectivity index (χ4v) is 6.22. The number of imidazole rings is 1. The van der Waals surface area contributed by atoms with Gasteiger partial charge in [-0.15, -0.1) is 0 Å². The summed E-state index contributed by atoms with van der Waals surface area (Å²) < 4.78 is 15.0. The van der Waals surface area contributed by atoms with Crippen molar-refractivity contribution in [2.45, 2.75) is 77.7 Å². The first-order chi connectivity index (χ1) is 23.2. The standard InChI is InChI=1S/C37H42Cl2N4O5/c1-24-32(21-43-23-42-35(38)36(43)39)47-37(48-34(24)28-13-11-26(22-44)12-14-28)29-17-15-27(16-18-29)31-9-6-5-8-30(31)20-41-33(46)10-4-3-7-19-40-25(2)45/h5-6,8-9,11-18,23-24,32,34,37,44H,3-4,7,10,19-22H2,1-2H3,(H,40,45)(H,41,46). The van der Waals surface area contributed by atoms with Gasteiger partial charge in [-0.1, -0.05) is 109 Å². The molecular weight excluding hydrogens is 651 g/mol. The largest absolute Gasteiger partial charge is 0.392 e. The minimum Gasteiger partial charge on any atom is -0.392 e. The minimum atomic E-state index is -0.645. The molecule has 48 heavy (non-hydrogen) atoms. The molecule has 2 amide bonds. The van der Waals surface area contributed by atoms with Gasteiger partial charge in [0, 0.05) is 37.9 Å². The molecule has 9 nitrogen and oxygen atoms in total. The smallest absolute Gasteiger partial charge is 0.220 e. The lowest BCUT2D eigenvalue weighted by atomic mass is 9.90. The highest BCUT2D eigenvalue weighted by Gasteiger charge is 2.39. The van der Waals surface area contributed by atoms with Gasteiger partial charge in [0.05, 0.1) is 31.7 Å². The third-order valence-corrected chi connectivity index (χ3v) is 9.44. The number of aliphatic hydroxyl groups is 1. The second-order valence-corrected chi connectivity index (χ2v) is 12.9. The van der Waals surface area contributed by atoms with Crippen LogP contribution in [0.4, 0.5) is 0 Å². The molecule has 2 heterocycles. The average molecular weight is 694 g/mol. The number of aromatic nitrogens is 2. The van der Waals surface area contributed by atoms with Crippen LogP contribution in [0.2, 0.25) is 10.3 Å². The van der Waals surface area contributed by atoms with Gasteiger partial charge in [0.1, 0.15) is 5.15 Å². The predicted molar refractivity (Wildman–Crippen MR) is 186 cm³/mol. The van der Waals surface area contributed by atoms with Gasteiger partial charge >= 0.3 is 0 Å². The summed E-state index contributed by atoms with van der Waals surface area (Å²) in [7, 11) is 0. The maximum Gasteiger partial charge on any atom is 0.220 e. The molecule has 3 aromatic carbocycles. The summed E-state index contributed by atoms with van der Waals surface area (Å²) in [6, 6.07) is 23.9. The molecule has 4 aromatic rings.